The standard InChI is InChI=1S/C17H27ClN2O2/c1-3-10-22-16-5-4-14(18)11-15(16)17(21)13(2)12-20-8-6-19-7-9-20/h4-5,11,13,17,19,21H,3,6-10,12H2,1-2H3. The Bertz CT molecular complexity index is 464. The van der Waals surface area contributed by atoms with E-state index in [0.29, 0.717) is 11.6 Å². The molecule has 0 aliphatic carbocycles. The Morgan fingerprint density at radius 2 is 2.09 bits per heavy atom. The van der Waals surface area contributed by atoms with Gasteiger partial charge in [0.15, 0.2) is 0 Å². The van der Waals surface area contributed by atoms with Crippen molar-refractivity contribution in [3.05, 3.63) is 28.8 Å². The second-order valence-corrected chi connectivity index (χ2v) is 6.44. The molecule has 1 fully saturated rings. The zero-order valence-corrected chi connectivity index (χ0v) is 14.3. The van der Waals surface area contributed by atoms with Crippen molar-refractivity contribution in [1.29, 1.82) is 0 Å². The van der Waals surface area contributed by atoms with E-state index in [1.807, 2.05) is 18.2 Å². The Hall–Kier alpha value is -0.810. The van der Waals surface area contributed by atoms with Crippen LogP contribution in [0.1, 0.15) is 31.9 Å². The molecule has 2 atom stereocenters. The van der Waals surface area contributed by atoms with Gasteiger partial charge in [-0.3, -0.25) is 0 Å². The molecule has 22 heavy (non-hydrogen) atoms. The summed E-state index contributed by atoms with van der Waals surface area (Å²) < 4.78 is 5.76. The van der Waals surface area contributed by atoms with Gasteiger partial charge in [0.25, 0.3) is 0 Å². The molecule has 1 saturated heterocycles. The quantitative estimate of drug-likeness (QED) is 0.808. The molecule has 1 aliphatic rings. The Morgan fingerprint density at radius 1 is 1.36 bits per heavy atom. The molecule has 2 unspecified atom stereocenters. The van der Waals surface area contributed by atoms with Crippen LogP contribution in [0.4, 0.5) is 0 Å². The number of nitrogens with zero attached hydrogens (tertiary/aromatic N) is 1. The predicted molar refractivity (Wildman–Crippen MR) is 90.7 cm³/mol. The lowest BCUT2D eigenvalue weighted by atomic mass is 9.96. The van der Waals surface area contributed by atoms with Gasteiger partial charge in [-0.05, 0) is 30.5 Å². The minimum Gasteiger partial charge on any atom is -0.493 e. The molecule has 1 aromatic rings. The fourth-order valence-corrected chi connectivity index (χ4v) is 2.98. The molecule has 4 nitrogen and oxygen atoms in total. The highest BCUT2D eigenvalue weighted by molar-refractivity contribution is 6.30. The molecule has 2 rings (SSSR count). The average molecular weight is 327 g/mol. The fraction of sp³-hybridized carbons (Fsp3) is 0.647. The van der Waals surface area contributed by atoms with Crippen molar-refractivity contribution in [2.45, 2.75) is 26.4 Å². The summed E-state index contributed by atoms with van der Waals surface area (Å²) >= 11 is 6.11. The molecule has 0 amide bonds. The van der Waals surface area contributed by atoms with Crippen LogP contribution >= 0.6 is 11.6 Å². The van der Waals surface area contributed by atoms with E-state index in [-0.39, 0.29) is 5.92 Å². The number of ether oxygens (including phenoxy) is 1. The van der Waals surface area contributed by atoms with Gasteiger partial charge in [-0.2, -0.15) is 0 Å². The molecule has 2 N–H and O–H groups in total. The van der Waals surface area contributed by atoms with Crippen molar-refractivity contribution in [3.63, 3.8) is 0 Å². The van der Waals surface area contributed by atoms with E-state index < -0.39 is 6.10 Å². The molecule has 1 aliphatic heterocycles. The number of hydrogen-bond acceptors (Lipinski definition) is 4. The molecule has 0 radical (unpaired) electrons. The highest BCUT2D eigenvalue weighted by Gasteiger charge is 2.23. The lowest BCUT2D eigenvalue weighted by Crippen LogP contribution is -2.45. The van der Waals surface area contributed by atoms with Crippen LogP contribution < -0.4 is 10.1 Å². The van der Waals surface area contributed by atoms with Gasteiger partial charge >= 0.3 is 0 Å². The van der Waals surface area contributed by atoms with Crippen molar-refractivity contribution in [3.8, 4) is 5.75 Å². The van der Waals surface area contributed by atoms with Crippen LogP contribution in [0.2, 0.25) is 5.02 Å². The summed E-state index contributed by atoms with van der Waals surface area (Å²) in [6, 6.07) is 5.49. The molecular formula is C17H27ClN2O2. The number of aliphatic hydroxyl groups excluding tert-OH is 1. The lowest BCUT2D eigenvalue weighted by molar-refractivity contribution is 0.0815. The summed E-state index contributed by atoms with van der Waals surface area (Å²) in [5.41, 5.74) is 0.795. The Morgan fingerprint density at radius 3 is 2.77 bits per heavy atom. The van der Waals surface area contributed by atoms with Crippen molar-refractivity contribution in [1.82, 2.24) is 10.2 Å². The van der Waals surface area contributed by atoms with E-state index >= 15 is 0 Å². The molecule has 5 heteroatoms. The minimum atomic E-state index is -0.569. The second-order valence-electron chi connectivity index (χ2n) is 6.00. The van der Waals surface area contributed by atoms with Gasteiger partial charge in [-0.15, -0.1) is 0 Å². The Kier molecular flexibility index (Phi) is 6.96. The number of piperazine rings is 1. The van der Waals surface area contributed by atoms with Crippen molar-refractivity contribution in [2.75, 3.05) is 39.3 Å². The number of halogens is 1. The van der Waals surface area contributed by atoms with Gasteiger partial charge in [0.2, 0.25) is 0 Å². The number of hydrogen-bond donors (Lipinski definition) is 2. The van der Waals surface area contributed by atoms with E-state index in [1.165, 1.54) is 0 Å². The predicted octanol–water partition coefficient (Wildman–Crippen LogP) is 2.70. The van der Waals surface area contributed by atoms with E-state index in [4.69, 9.17) is 16.3 Å². The van der Waals surface area contributed by atoms with E-state index in [0.717, 1.165) is 50.5 Å². The Labute approximate surface area is 138 Å². The maximum atomic E-state index is 10.7. The van der Waals surface area contributed by atoms with Gasteiger partial charge in [0.1, 0.15) is 5.75 Å². The summed E-state index contributed by atoms with van der Waals surface area (Å²) in [5.74, 6) is 0.867. The minimum absolute atomic E-state index is 0.126. The van der Waals surface area contributed by atoms with Crippen LogP contribution in [-0.2, 0) is 0 Å². The largest absolute Gasteiger partial charge is 0.493 e. The molecule has 124 valence electrons. The van der Waals surface area contributed by atoms with Crippen LogP contribution in [0, 0.1) is 5.92 Å². The molecular weight excluding hydrogens is 300 g/mol. The first-order valence-corrected chi connectivity index (χ1v) is 8.53. The third kappa shape index (κ3) is 4.85. The SMILES string of the molecule is CCCOc1ccc(Cl)cc1C(O)C(C)CN1CCNCC1. The monoisotopic (exact) mass is 326 g/mol. The number of nitrogens with one attached hydrogen (secondary N) is 1. The van der Waals surface area contributed by atoms with Crippen molar-refractivity contribution < 1.29 is 9.84 Å². The number of benzene rings is 1. The van der Waals surface area contributed by atoms with Gasteiger partial charge < -0.3 is 20.1 Å². The lowest BCUT2D eigenvalue weighted by Gasteiger charge is -2.31. The van der Waals surface area contributed by atoms with Crippen molar-refractivity contribution >= 4 is 11.6 Å². The summed E-state index contributed by atoms with van der Waals surface area (Å²) in [6.07, 6.45) is 0.370. The Balaban J connectivity index is 2.05. The maximum absolute atomic E-state index is 10.7. The normalized spacial score (nSPS) is 18.9. The zero-order valence-electron chi connectivity index (χ0n) is 13.5. The van der Waals surface area contributed by atoms with Gasteiger partial charge in [0.05, 0.1) is 12.7 Å². The maximum Gasteiger partial charge on any atom is 0.125 e. The highest BCUT2D eigenvalue weighted by Crippen LogP contribution is 2.33. The molecule has 1 heterocycles. The van der Waals surface area contributed by atoms with Gasteiger partial charge in [0, 0.05) is 43.3 Å². The second kappa shape index (κ2) is 8.73. The molecule has 0 bridgehead atoms. The van der Waals surface area contributed by atoms with Crippen LogP contribution in [0.15, 0.2) is 18.2 Å². The summed E-state index contributed by atoms with van der Waals surface area (Å²) in [4.78, 5) is 2.39. The third-order valence-corrected chi connectivity index (χ3v) is 4.28. The third-order valence-electron chi connectivity index (χ3n) is 4.05. The fourth-order valence-electron chi connectivity index (χ4n) is 2.80. The first kappa shape index (κ1) is 17.5. The summed E-state index contributed by atoms with van der Waals surface area (Å²) in [6.45, 7) is 9.78. The number of aliphatic hydroxyl groups is 1. The average Bonchev–Trinajstić information content (AvgIpc) is 2.54. The first-order valence-electron chi connectivity index (χ1n) is 8.15. The topological polar surface area (TPSA) is 44.7 Å². The summed E-state index contributed by atoms with van der Waals surface area (Å²) in [5, 5.41) is 14.7. The van der Waals surface area contributed by atoms with E-state index in [9.17, 15) is 5.11 Å². The van der Waals surface area contributed by atoms with Crippen LogP contribution in [0.5, 0.6) is 5.75 Å². The van der Waals surface area contributed by atoms with Gasteiger partial charge in [-0.25, -0.2) is 0 Å². The van der Waals surface area contributed by atoms with Crippen LogP contribution in [0.3, 0.4) is 0 Å². The number of rotatable bonds is 7. The smallest absolute Gasteiger partial charge is 0.125 e. The van der Waals surface area contributed by atoms with Crippen molar-refractivity contribution in [2.24, 2.45) is 5.92 Å². The van der Waals surface area contributed by atoms with Gasteiger partial charge in [-0.1, -0.05) is 25.4 Å². The summed E-state index contributed by atoms with van der Waals surface area (Å²) in [7, 11) is 0. The molecule has 0 aromatic heterocycles. The van der Waals surface area contributed by atoms with E-state index in [1.54, 1.807) is 0 Å². The first-order chi connectivity index (χ1) is 10.6. The molecule has 1 aromatic carbocycles. The van der Waals surface area contributed by atoms with Crippen LogP contribution in [0.25, 0.3) is 0 Å². The molecule has 0 saturated carbocycles. The zero-order chi connectivity index (χ0) is 15.9. The highest BCUT2D eigenvalue weighted by atomic mass is 35.5. The molecule has 0 spiro atoms. The van der Waals surface area contributed by atoms with Crippen LogP contribution in [-0.4, -0.2) is 49.3 Å². The van der Waals surface area contributed by atoms with E-state index in [2.05, 4.69) is 24.1 Å².